The smallest absolute Gasteiger partial charge is 0.257 e. The number of halogens is 5. The molecular weight excluding hydrogens is 812 g/mol. The molecule has 4 unspecified atom stereocenters. The van der Waals surface area contributed by atoms with Crippen LogP contribution in [0.3, 0.4) is 0 Å². The van der Waals surface area contributed by atoms with E-state index in [0.29, 0.717) is 27.9 Å². The lowest BCUT2D eigenvalue weighted by Gasteiger charge is -2.41. The quantitative estimate of drug-likeness (QED) is 0.0547. The predicted molar refractivity (Wildman–Crippen MR) is 220 cm³/mol. The van der Waals surface area contributed by atoms with E-state index in [1.54, 1.807) is 18.2 Å². The number of hydrogen-bond acceptors (Lipinski definition) is 7. The van der Waals surface area contributed by atoms with Gasteiger partial charge in [0, 0.05) is 34.9 Å². The summed E-state index contributed by atoms with van der Waals surface area (Å²) in [6, 6.07) is 41.7. The van der Waals surface area contributed by atoms with Crippen molar-refractivity contribution in [2.45, 2.75) is 43.8 Å². The molecule has 1 aromatic heterocycles. The minimum absolute atomic E-state index is 0.0931. The Kier molecular flexibility index (Phi) is 12.4. The van der Waals surface area contributed by atoms with Crippen molar-refractivity contribution in [2.75, 3.05) is 5.75 Å². The fraction of sp³-hybridized carbons (Fsp3) is 0.167. The van der Waals surface area contributed by atoms with Gasteiger partial charge in [0.05, 0.1) is 18.8 Å². The number of rotatable bonds is 12. The number of nitrogens with one attached hydrogen (secondary N) is 1. The van der Waals surface area contributed by atoms with Crippen molar-refractivity contribution >= 4 is 17.7 Å². The van der Waals surface area contributed by atoms with Gasteiger partial charge in [-0.15, -0.1) is 0 Å². The molecule has 7 aromatic rings. The maximum atomic E-state index is 14.3. The molecule has 1 amide bonds. The summed E-state index contributed by atoms with van der Waals surface area (Å²) in [6.45, 7) is 1.71. The molecule has 1 aliphatic heterocycles. The topological polar surface area (TPSA) is 93.8 Å². The van der Waals surface area contributed by atoms with E-state index in [0.717, 1.165) is 39.1 Å². The van der Waals surface area contributed by atoms with E-state index in [9.17, 15) is 31.9 Å². The highest BCUT2D eigenvalue weighted by molar-refractivity contribution is 7.99. The highest BCUT2D eigenvalue weighted by Crippen LogP contribution is 2.44. The van der Waals surface area contributed by atoms with Crippen LogP contribution in [0.4, 0.5) is 22.0 Å². The predicted octanol–water partition coefficient (Wildman–Crippen LogP) is 11.4. The number of ether oxygens (including phenoxy) is 2. The van der Waals surface area contributed by atoms with Gasteiger partial charge in [0.25, 0.3) is 11.1 Å². The van der Waals surface area contributed by atoms with Gasteiger partial charge < -0.3 is 24.3 Å². The Morgan fingerprint density at radius 2 is 1.28 bits per heavy atom. The zero-order valence-electron chi connectivity index (χ0n) is 32.5. The molecule has 2 heterocycles. The number of aromatic nitrogens is 1. The van der Waals surface area contributed by atoms with E-state index in [1.807, 2.05) is 115 Å². The maximum Gasteiger partial charge on any atom is 0.257 e. The zero-order chi connectivity index (χ0) is 42.6. The van der Waals surface area contributed by atoms with Gasteiger partial charge in [-0.1, -0.05) is 140 Å². The van der Waals surface area contributed by atoms with Crippen LogP contribution in [0.25, 0.3) is 33.7 Å². The van der Waals surface area contributed by atoms with Crippen molar-refractivity contribution in [3.63, 3.8) is 0 Å². The Morgan fingerprint density at radius 1 is 0.672 bits per heavy atom. The normalized spacial score (nSPS) is 17.6. The first-order chi connectivity index (χ1) is 29.6. The van der Waals surface area contributed by atoms with Crippen molar-refractivity contribution in [1.29, 1.82) is 0 Å². The summed E-state index contributed by atoms with van der Waals surface area (Å²) in [5.41, 5.74) is 5.38. The molecule has 0 bridgehead atoms. The lowest BCUT2D eigenvalue weighted by atomic mass is 9.91. The number of nitrogens with zero attached hydrogens (tertiary/aromatic N) is 1. The van der Waals surface area contributed by atoms with Crippen LogP contribution in [0.2, 0.25) is 0 Å². The minimum Gasteiger partial charge on any atom is -0.431 e. The highest BCUT2D eigenvalue weighted by atomic mass is 32.2. The second kappa shape index (κ2) is 18.2. The second-order valence-corrected chi connectivity index (χ2v) is 15.4. The lowest BCUT2D eigenvalue weighted by Crippen LogP contribution is -2.38. The number of amides is 1. The molecule has 1 saturated heterocycles. The average molecular weight is 849 g/mol. The summed E-state index contributed by atoms with van der Waals surface area (Å²) < 4.78 is 89.5. The Labute approximate surface area is 352 Å². The first-order valence-corrected chi connectivity index (χ1v) is 20.3. The molecule has 61 heavy (non-hydrogen) atoms. The van der Waals surface area contributed by atoms with Crippen molar-refractivity contribution in [2.24, 2.45) is 5.92 Å². The monoisotopic (exact) mass is 848 g/mol. The molecule has 13 heteroatoms. The third-order valence-corrected chi connectivity index (χ3v) is 11.4. The Balaban J connectivity index is 1.04. The fourth-order valence-electron chi connectivity index (χ4n) is 7.20. The summed E-state index contributed by atoms with van der Waals surface area (Å²) in [7, 11) is 0. The molecule has 1 fully saturated rings. The number of thioether (sulfide) groups is 1. The van der Waals surface area contributed by atoms with Crippen LogP contribution in [0.1, 0.15) is 51.9 Å². The van der Waals surface area contributed by atoms with Gasteiger partial charge in [-0.05, 0) is 39.9 Å². The van der Waals surface area contributed by atoms with Crippen molar-refractivity contribution in [3.05, 3.63) is 190 Å². The third-order valence-electron chi connectivity index (χ3n) is 10.5. The van der Waals surface area contributed by atoms with Gasteiger partial charge in [0.2, 0.25) is 5.82 Å². The number of aliphatic hydroxyl groups excluding tert-OH is 1. The van der Waals surface area contributed by atoms with Gasteiger partial charge >= 0.3 is 0 Å². The summed E-state index contributed by atoms with van der Waals surface area (Å²) in [6.07, 6.45) is -1.54. The van der Waals surface area contributed by atoms with Crippen LogP contribution >= 0.6 is 11.8 Å². The van der Waals surface area contributed by atoms with Crippen LogP contribution in [-0.2, 0) is 22.6 Å². The molecule has 7 nitrogen and oxygen atoms in total. The number of benzene rings is 6. The Hall–Kier alpha value is -6.12. The Bertz CT molecular complexity index is 2580. The van der Waals surface area contributed by atoms with Crippen LogP contribution in [0, 0.1) is 35.0 Å². The zero-order valence-corrected chi connectivity index (χ0v) is 33.3. The molecule has 0 spiro atoms. The van der Waals surface area contributed by atoms with E-state index < -0.39 is 53.0 Å². The van der Waals surface area contributed by atoms with Gasteiger partial charge in [-0.3, -0.25) is 4.79 Å². The molecule has 2 N–H and O–H groups in total. The van der Waals surface area contributed by atoms with Crippen LogP contribution in [0.15, 0.2) is 143 Å². The lowest BCUT2D eigenvalue weighted by molar-refractivity contribution is -0.268. The SMILES string of the molecule is CC1C(CSc2nc(-c3ccccc3)c(-c3ccccc3)o2)OC(c2cccc(-c3cccc(CNC(=O)c4c(F)c(F)c(F)c(F)c4F)c3)c2)OC1c1ccc(CO)cc1. The van der Waals surface area contributed by atoms with E-state index in [-0.39, 0.29) is 25.2 Å². The number of carbonyl (C=O) groups excluding carboxylic acids is 1. The van der Waals surface area contributed by atoms with Gasteiger partial charge in [-0.25, -0.2) is 26.9 Å². The molecule has 6 aromatic carbocycles. The Morgan fingerprint density at radius 3 is 1.95 bits per heavy atom. The highest BCUT2D eigenvalue weighted by Gasteiger charge is 2.39. The molecule has 0 saturated carbocycles. The third kappa shape index (κ3) is 8.87. The van der Waals surface area contributed by atoms with Crippen molar-refractivity contribution < 1.29 is 45.7 Å². The van der Waals surface area contributed by atoms with Crippen LogP contribution < -0.4 is 5.32 Å². The minimum atomic E-state index is -2.34. The molecule has 0 aliphatic carbocycles. The maximum absolute atomic E-state index is 14.3. The molecule has 1 aliphatic rings. The molecular formula is C48H37F5N2O5S. The van der Waals surface area contributed by atoms with Gasteiger partial charge in [-0.2, -0.15) is 0 Å². The summed E-state index contributed by atoms with van der Waals surface area (Å²) in [5.74, 6) is -11.6. The summed E-state index contributed by atoms with van der Waals surface area (Å²) in [5, 5.41) is 12.4. The molecule has 0 radical (unpaired) electrons. The van der Waals surface area contributed by atoms with Crippen molar-refractivity contribution in [3.8, 4) is 33.7 Å². The number of carbonyl (C=O) groups is 1. The van der Waals surface area contributed by atoms with E-state index in [4.69, 9.17) is 18.9 Å². The number of aliphatic hydroxyl groups is 1. The first kappa shape index (κ1) is 41.6. The average Bonchev–Trinajstić information content (AvgIpc) is 3.74. The van der Waals surface area contributed by atoms with E-state index >= 15 is 0 Å². The molecule has 4 atom stereocenters. The summed E-state index contributed by atoms with van der Waals surface area (Å²) >= 11 is 1.45. The van der Waals surface area contributed by atoms with E-state index in [1.165, 1.54) is 11.8 Å². The standard InChI is InChI=1S/C48H37F5N2O5S/c1-27-36(26-61-48-55-43(30-11-4-2-5-12-30)45(60-48)31-13-6-3-7-14-31)58-47(59-44(27)32-20-18-28(25-56)19-21-32)35-17-9-16-34(23-35)33-15-8-10-29(22-33)24-54-46(57)37-38(49)40(51)42(53)41(52)39(37)50/h2-23,27,36,44,47,56H,24-26H2,1H3,(H,54,57). The van der Waals surface area contributed by atoms with E-state index in [2.05, 4.69) is 12.2 Å². The number of oxazole rings is 1. The van der Waals surface area contributed by atoms with Crippen LogP contribution in [0.5, 0.6) is 0 Å². The molecule has 310 valence electrons. The first-order valence-electron chi connectivity index (χ1n) is 19.3. The van der Waals surface area contributed by atoms with Gasteiger partial charge in [0.15, 0.2) is 35.3 Å². The number of hydrogen-bond donors (Lipinski definition) is 2. The van der Waals surface area contributed by atoms with Crippen LogP contribution in [-0.4, -0.2) is 27.9 Å². The largest absolute Gasteiger partial charge is 0.431 e. The second-order valence-electron chi connectivity index (χ2n) is 14.5. The van der Waals surface area contributed by atoms with Gasteiger partial charge in [0.1, 0.15) is 11.3 Å². The summed E-state index contributed by atoms with van der Waals surface area (Å²) in [4.78, 5) is 17.6. The fourth-order valence-corrected chi connectivity index (χ4v) is 8.19. The molecule has 8 rings (SSSR count). The van der Waals surface area contributed by atoms with Crippen molar-refractivity contribution in [1.82, 2.24) is 10.3 Å².